The number of hydrogen-bond donors (Lipinski definition) is 1. The average Bonchev–Trinajstić information content (AvgIpc) is 3.25. The second-order valence-electron chi connectivity index (χ2n) is 5.08. The fraction of sp³-hybridized carbons (Fsp3) is 0.235. The van der Waals surface area contributed by atoms with E-state index in [9.17, 15) is 4.79 Å². The van der Waals surface area contributed by atoms with E-state index in [2.05, 4.69) is 34.3 Å². The molecule has 3 rings (SSSR count). The van der Waals surface area contributed by atoms with Gasteiger partial charge in [-0.1, -0.05) is 19.1 Å². The van der Waals surface area contributed by atoms with E-state index in [4.69, 9.17) is 4.74 Å². The van der Waals surface area contributed by atoms with Gasteiger partial charge < -0.3 is 10.1 Å². The third-order valence-electron chi connectivity index (χ3n) is 3.31. The molecule has 1 aromatic carbocycles. The maximum Gasteiger partial charge on any atom is 0.232 e. The molecule has 0 spiro atoms. The van der Waals surface area contributed by atoms with Crippen LogP contribution in [0, 0.1) is 0 Å². The molecule has 3 aromatic rings. The molecule has 0 unspecified atom stereocenters. The van der Waals surface area contributed by atoms with Gasteiger partial charge in [-0.15, -0.1) is 22.7 Å². The van der Waals surface area contributed by atoms with E-state index >= 15 is 0 Å². The number of carbonyl (C=O) groups is 1. The van der Waals surface area contributed by atoms with Crippen molar-refractivity contribution in [3.63, 3.8) is 0 Å². The van der Waals surface area contributed by atoms with Crippen molar-refractivity contribution >= 4 is 33.7 Å². The Morgan fingerprint density at radius 3 is 2.79 bits per heavy atom. The first-order chi connectivity index (χ1) is 11.7. The van der Waals surface area contributed by atoms with Crippen LogP contribution in [0.4, 0.5) is 5.13 Å². The van der Waals surface area contributed by atoms with E-state index < -0.39 is 0 Å². The first kappa shape index (κ1) is 16.6. The molecule has 0 aliphatic rings. The number of rotatable bonds is 7. The minimum atomic E-state index is -0.113. The van der Waals surface area contributed by atoms with E-state index in [0.29, 0.717) is 11.7 Å². The Labute approximate surface area is 148 Å². The summed E-state index contributed by atoms with van der Waals surface area (Å²) in [5, 5.41) is 7.92. The van der Waals surface area contributed by atoms with Crippen LogP contribution in [0.5, 0.6) is 5.75 Å². The zero-order valence-electron chi connectivity index (χ0n) is 13.2. The average molecular weight is 359 g/mol. The molecule has 0 saturated carbocycles. The van der Waals surface area contributed by atoms with Crippen molar-refractivity contribution in [3.05, 3.63) is 57.5 Å². The third-order valence-corrected chi connectivity index (χ3v) is 4.87. The summed E-state index contributed by atoms with van der Waals surface area (Å²) in [5.41, 5.74) is 2.03. The summed E-state index contributed by atoms with van der Waals surface area (Å²) in [5.74, 6) is 0.711. The molecule has 0 saturated heterocycles. The standard InChI is InChI=1S/C17H17N3O2S2/c1-2-12-3-5-14(6-4-12)22-10-16-19-13(11-24-16)9-15(21)20-17-18-7-8-23-17/h3-8,11H,2,9-10H2,1H3,(H,18,20,21). The molecular weight excluding hydrogens is 342 g/mol. The topological polar surface area (TPSA) is 64.1 Å². The van der Waals surface area contributed by atoms with Crippen LogP contribution >= 0.6 is 22.7 Å². The number of benzene rings is 1. The molecular formula is C17H17N3O2S2. The van der Waals surface area contributed by atoms with Gasteiger partial charge in [0.15, 0.2) is 5.13 Å². The van der Waals surface area contributed by atoms with Gasteiger partial charge in [-0.3, -0.25) is 4.79 Å². The Balaban J connectivity index is 1.50. The molecule has 24 heavy (non-hydrogen) atoms. The van der Waals surface area contributed by atoms with Gasteiger partial charge in [0.25, 0.3) is 0 Å². The molecule has 2 aromatic heterocycles. The Morgan fingerprint density at radius 1 is 1.25 bits per heavy atom. The fourth-order valence-corrected chi connectivity index (χ4v) is 3.33. The largest absolute Gasteiger partial charge is 0.486 e. The summed E-state index contributed by atoms with van der Waals surface area (Å²) in [6.45, 7) is 2.53. The van der Waals surface area contributed by atoms with Crippen LogP contribution in [0.1, 0.15) is 23.2 Å². The number of amides is 1. The van der Waals surface area contributed by atoms with Gasteiger partial charge in [-0.25, -0.2) is 9.97 Å². The number of hydrogen-bond acceptors (Lipinski definition) is 6. The second-order valence-corrected chi connectivity index (χ2v) is 6.92. The summed E-state index contributed by atoms with van der Waals surface area (Å²) in [6.07, 6.45) is 2.91. The van der Waals surface area contributed by atoms with Crippen LogP contribution in [0.2, 0.25) is 0 Å². The third kappa shape index (κ3) is 4.62. The zero-order chi connectivity index (χ0) is 16.8. The minimum Gasteiger partial charge on any atom is -0.486 e. The molecule has 0 atom stereocenters. The summed E-state index contributed by atoms with van der Waals surface area (Å²) in [4.78, 5) is 20.4. The number of carbonyl (C=O) groups excluding carboxylic acids is 1. The van der Waals surface area contributed by atoms with Crippen LogP contribution in [0.3, 0.4) is 0 Å². The maximum atomic E-state index is 11.9. The molecule has 0 radical (unpaired) electrons. The lowest BCUT2D eigenvalue weighted by Gasteiger charge is -2.04. The summed E-state index contributed by atoms with van der Waals surface area (Å²) >= 11 is 2.89. The van der Waals surface area contributed by atoms with Crippen molar-refractivity contribution in [2.24, 2.45) is 0 Å². The van der Waals surface area contributed by atoms with Crippen molar-refractivity contribution in [2.45, 2.75) is 26.4 Å². The van der Waals surface area contributed by atoms with Crippen LogP contribution in [-0.2, 0) is 24.2 Å². The summed E-state index contributed by atoms with van der Waals surface area (Å²) in [7, 11) is 0. The maximum absolute atomic E-state index is 11.9. The summed E-state index contributed by atoms with van der Waals surface area (Å²) < 4.78 is 5.73. The quantitative estimate of drug-likeness (QED) is 0.694. The molecule has 0 aliphatic heterocycles. The van der Waals surface area contributed by atoms with Crippen molar-refractivity contribution in [2.75, 3.05) is 5.32 Å². The number of aryl methyl sites for hydroxylation is 1. The second kappa shape index (κ2) is 8.03. The molecule has 124 valence electrons. The van der Waals surface area contributed by atoms with Gasteiger partial charge in [-0.2, -0.15) is 0 Å². The number of nitrogens with zero attached hydrogens (tertiary/aromatic N) is 2. The van der Waals surface area contributed by atoms with Crippen LogP contribution in [0.25, 0.3) is 0 Å². The molecule has 7 heteroatoms. The first-order valence-electron chi connectivity index (χ1n) is 7.57. The van der Waals surface area contributed by atoms with Crippen LogP contribution in [-0.4, -0.2) is 15.9 Å². The van der Waals surface area contributed by atoms with Crippen molar-refractivity contribution in [1.82, 2.24) is 9.97 Å². The van der Waals surface area contributed by atoms with Gasteiger partial charge in [-0.05, 0) is 24.1 Å². The highest BCUT2D eigenvalue weighted by molar-refractivity contribution is 7.13. The fourth-order valence-electron chi connectivity index (χ4n) is 2.08. The number of anilines is 1. The molecule has 0 bridgehead atoms. The molecule has 1 amide bonds. The SMILES string of the molecule is CCc1ccc(OCc2nc(CC(=O)Nc3nccs3)cs2)cc1. The Bertz CT molecular complexity index is 783. The Hall–Kier alpha value is -2.25. The summed E-state index contributed by atoms with van der Waals surface area (Å²) in [6, 6.07) is 8.06. The number of aromatic nitrogens is 2. The predicted molar refractivity (Wildman–Crippen MR) is 96.7 cm³/mol. The first-order valence-corrected chi connectivity index (χ1v) is 9.33. The van der Waals surface area contributed by atoms with Gasteiger partial charge in [0.05, 0.1) is 12.1 Å². The lowest BCUT2D eigenvalue weighted by atomic mass is 10.2. The normalized spacial score (nSPS) is 10.5. The Morgan fingerprint density at radius 2 is 2.08 bits per heavy atom. The van der Waals surface area contributed by atoms with E-state index in [0.717, 1.165) is 22.9 Å². The van der Waals surface area contributed by atoms with E-state index in [1.54, 1.807) is 6.20 Å². The van der Waals surface area contributed by atoms with Crippen molar-refractivity contribution < 1.29 is 9.53 Å². The van der Waals surface area contributed by atoms with Crippen molar-refractivity contribution in [3.8, 4) is 5.75 Å². The minimum absolute atomic E-state index is 0.113. The van der Waals surface area contributed by atoms with Crippen molar-refractivity contribution in [1.29, 1.82) is 0 Å². The molecule has 5 nitrogen and oxygen atoms in total. The molecule has 0 aliphatic carbocycles. The zero-order valence-corrected chi connectivity index (χ0v) is 14.8. The van der Waals surface area contributed by atoms with Gasteiger partial charge in [0.1, 0.15) is 17.4 Å². The number of thiazole rings is 2. The molecule has 1 N–H and O–H groups in total. The number of nitrogens with one attached hydrogen (secondary N) is 1. The van der Waals surface area contributed by atoms with E-state index in [-0.39, 0.29) is 12.3 Å². The molecule has 2 heterocycles. The Kier molecular flexibility index (Phi) is 5.55. The highest BCUT2D eigenvalue weighted by Crippen LogP contribution is 2.17. The lowest BCUT2D eigenvalue weighted by Crippen LogP contribution is -2.14. The van der Waals surface area contributed by atoms with Gasteiger partial charge in [0.2, 0.25) is 5.91 Å². The molecule has 0 fully saturated rings. The van der Waals surface area contributed by atoms with Crippen LogP contribution in [0.15, 0.2) is 41.2 Å². The monoisotopic (exact) mass is 359 g/mol. The highest BCUT2D eigenvalue weighted by atomic mass is 32.1. The van der Waals surface area contributed by atoms with Gasteiger partial charge in [0, 0.05) is 17.0 Å². The van der Waals surface area contributed by atoms with Gasteiger partial charge >= 0.3 is 0 Å². The predicted octanol–water partition coefficient (Wildman–Crippen LogP) is 3.92. The smallest absolute Gasteiger partial charge is 0.232 e. The van der Waals surface area contributed by atoms with E-state index in [1.807, 2.05) is 22.9 Å². The lowest BCUT2D eigenvalue weighted by molar-refractivity contribution is -0.115. The van der Waals surface area contributed by atoms with E-state index in [1.165, 1.54) is 28.2 Å². The number of ether oxygens (including phenoxy) is 1. The van der Waals surface area contributed by atoms with Crippen LogP contribution < -0.4 is 10.1 Å². The highest BCUT2D eigenvalue weighted by Gasteiger charge is 2.09.